The Labute approximate surface area is 133 Å². The summed E-state index contributed by atoms with van der Waals surface area (Å²) in [5, 5.41) is 1.36. The summed E-state index contributed by atoms with van der Waals surface area (Å²) < 4.78 is 0. The van der Waals surface area contributed by atoms with Crippen molar-refractivity contribution in [2.24, 2.45) is 11.8 Å². The minimum atomic E-state index is 0.197. The Kier molecular flexibility index (Phi) is 4.13. The molecule has 0 N–H and O–H groups in total. The Morgan fingerprint density at radius 2 is 2.29 bits per heavy atom. The molecule has 3 heterocycles. The maximum Gasteiger partial charge on any atom is 0.226 e. The van der Waals surface area contributed by atoms with E-state index in [2.05, 4.69) is 23.8 Å². The van der Waals surface area contributed by atoms with Crippen molar-refractivity contribution in [3.63, 3.8) is 0 Å². The van der Waals surface area contributed by atoms with E-state index in [1.807, 2.05) is 11.0 Å². The monoisotopic (exact) mass is 323 g/mol. The van der Waals surface area contributed by atoms with Crippen molar-refractivity contribution < 1.29 is 4.79 Å². The van der Waals surface area contributed by atoms with E-state index in [-0.39, 0.29) is 5.92 Å². The van der Waals surface area contributed by atoms with Crippen molar-refractivity contribution in [3.8, 4) is 0 Å². The minimum absolute atomic E-state index is 0.197. The fraction of sp³-hybridized carbons (Fsp3) is 0.533. The lowest BCUT2D eigenvalue weighted by atomic mass is 9.96. The minimum Gasteiger partial charge on any atom is -0.337 e. The van der Waals surface area contributed by atoms with Crippen molar-refractivity contribution in [2.45, 2.75) is 33.2 Å². The molecule has 3 rings (SSSR count). The molecular formula is C15H18ClN3OS. The van der Waals surface area contributed by atoms with E-state index in [0.29, 0.717) is 23.5 Å². The second-order valence-electron chi connectivity index (χ2n) is 5.97. The van der Waals surface area contributed by atoms with Gasteiger partial charge in [0.05, 0.1) is 6.54 Å². The summed E-state index contributed by atoms with van der Waals surface area (Å²) in [5.74, 6) is 1.05. The zero-order chi connectivity index (χ0) is 15.0. The highest BCUT2D eigenvalue weighted by molar-refractivity contribution is 7.18. The van der Waals surface area contributed by atoms with E-state index in [1.165, 1.54) is 6.33 Å². The van der Waals surface area contributed by atoms with Gasteiger partial charge in [-0.2, -0.15) is 0 Å². The number of hydrogen-bond donors (Lipinski definition) is 0. The Balaban J connectivity index is 1.74. The molecule has 0 bridgehead atoms. The predicted molar refractivity (Wildman–Crippen MR) is 85.4 cm³/mol. The summed E-state index contributed by atoms with van der Waals surface area (Å²) in [4.78, 5) is 24.6. The van der Waals surface area contributed by atoms with E-state index in [0.717, 1.165) is 34.5 Å². The number of hydrogen-bond acceptors (Lipinski definition) is 4. The first-order valence-electron chi connectivity index (χ1n) is 7.22. The SMILES string of the molecule is CC(C)C[C@H]1CCN(Cc2cc3c(Cl)ncnc3s2)C1=O. The van der Waals surface area contributed by atoms with Crippen molar-refractivity contribution in [1.82, 2.24) is 14.9 Å². The molecule has 112 valence electrons. The fourth-order valence-electron chi connectivity index (χ4n) is 2.89. The lowest BCUT2D eigenvalue weighted by Gasteiger charge is -2.16. The van der Waals surface area contributed by atoms with E-state index in [9.17, 15) is 4.79 Å². The second-order valence-corrected chi connectivity index (χ2v) is 7.44. The summed E-state index contributed by atoms with van der Waals surface area (Å²) in [7, 11) is 0. The Morgan fingerprint density at radius 3 is 3.00 bits per heavy atom. The number of aromatic nitrogens is 2. The summed E-state index contributed by atoms with van der Waals surface area (Å²) >= 11 is 7.66. The largest absolute Gasteiger partial charge is 0.337 e. The lowest BCUT2D eigenvalue weighted by molar-refractivity contribution is -0.131. The molecule has 0 spiro atoms. The van der Waals surface area contributed by atoms with Crippen molar-refractivity contribution >= 4 is 39.1 Å². The average molecular weight is 324 g/mol. The summed E-state index contributed by atoms with van der Waals surface area (Å²) in [6, 6.07) is 2.01. The lowest BCUT2D eigenvalue weighted by Crippen LogP contribution is -2.26. The average Bonchev–Trinajstić information content (AvgIpc) is 2.97. The number of rotatable bonds is 4. The van der Waals surface area contributed by atoms with Gasteiger partial charge in [0.2, 0.25) is 5.91 Å². The second kappa shape index (κ2) is 5.89. The maximum atomic E-state index is 12.4. The molecule has 6 heteroatoms. The highest BCUT2D eigenvalue weighted by atomic mass is 35.5. The van der Waals surface area contributed by atoms with E-state index >= 15 is 0 Å². The first-order valence-corrected chi connectivity index (χ1v) is 8.41. The highest BCUT2D eigenvalue weighted by Gasteiger charge is 2.32. The van der Waals surface area contributed by atoms with Crippen LogP contribution >= 0.6 is 22.9 Å². The summed E-state index contributed by atoms with van der Waals surface area (Å²) in [5.41, 5.74) is 0. The number of halogens is 1. The van der Waals surface area contributed by atoms with E-state index < -0.39 is 0 Å². The molecule has 0 aromatic carbocycles. The zero-order valence-electron chi connectivity index (χ0n) is 12.2. The summed E-state index contributed by atoms with van der Waals surface area (Å²) in [6.07, 6.45) is 3.44. The Hall–Kier alpha value is -1.20. The van der Waals surface area contributed by atoms with Gasteiger partial charge >= 0.3 is 0 Å². The van der Waals surface area contributed by atoms with Crippen LogP contribution in [-0.2, 0) is 11.3 Å². The van der Waals surface area contributed by atoms with Gasteiger partial charge in [-0.15, -0.1) is 11.3 Å². The van der Waals surface area contributed by atoms with Gasteiger partial charge in [0, 0.05) is 22.7 Å². The van der Waals surface area contributed by atoms with Crippen molar-refractivity contribution in [1.29, 1.82) is 0 Å². The number of carbonyl (C=O) groups excluding carboxylic acids is 1. The topological polar surface area (TPSA) is 46.1 Å². The van der Waals surface area contributed by atoms with Gasteiger partial charge in [0.15, 0.2) is 0 Å². The van der Waals surface area contributed by atoms with Crippen LogP contribution in [0.4, 0.5) is 0 Å². The standard InChI is InChI=1S/C15H18ClN3OS/c1-9(2)5-10-3-4-19(15(10)20)7-11-6-12-13(16)17-8-18-14(12)21-11/h6,8-10H,3-5,7H2,1-2H3/t10-/m1/s1. The maximum absolute atomic E-state index is 12.4. The first-order chi connectivity index (χ1) is 10.0. The van der Waals surface area contributed by atoms with Crippen LogP contribution in [0, 0.1) is 11.8 Å². The van der Waals surface area contributed by atoms with Gasteiger partial charge in [-0.1, -0.05) is 25.4 Å². The summed E-state index contributed by atoms with van der Waals surface area (Å²) in [6.45, 7) is 5.85. The molecule has 2 aromatic heterocycles. The van der Waals surface area contributed by atoms with Crippen LogP contribution in [0.2, 0.25) is 5.15 Å². The molecule has 2 aromatic rings. The van der Waals surface area contributed by atoms with Crippen LogP contribution in [-0.4, -0.2) is 27.3 Å². The molecule has 0 aliphatic carbocycles. The Morgan fingerprint density at radius 1 is 1.48 bits per heavy atom. The Bertz CT molecular complexity index is 670. The van der Waals surface area contributed by atoms with Crippen LogP contribution in [0.25, 0.3) is 10.2 Å². The molecule has 0 unspecified atom stereocenters. The van der Waals surface area contributed by atoms with Crippen molar-refractivity contribution in [3.05, 3.63) is 22.4 Å². The number of carbonyl (C=O) groups is 1. The van der Waals surface area contributed by atoms with E-state index in [4.69, 9.17) is 11.6 Å². The van der Waals surface area contributed by atoms with Gasteiger partial charge in [-0.3, -0.25) is 4.79 Å². The number of likely N-dealkylation sites (tertiary alicyclic amines) is 1. The third-order valence-corrected chi connectivity index (χ3v) is 5.17. The first kappa shape index (κ1) is 14.7. The molecule has 1 saturated heterocycles. The van der Waals surface area contributed by atoms with Gasteiger partial charge in [0.25, 0.3) is 0 Å². The molecule has 21 heavy (non-hydrogen) atoms. The molecule has 0 radical (unpaired) electrons. The third-order valence-electron chi connectivity index (χ3n) is 3.84. The van der Waals surface area contributed by atoms with Crippen LogP contribution in [0.5, 0.6) is 0 Å². The van der Waals surface area contributed by atoms with Crippen molar-refractivity contribution in [2.75, 3.05) is 6.54 Å². The fourth-order valence-corrected chi connectivity index (χ4v) is 4.15. The van der Waals surface area contributed by atoms with Gasteiger partial charge in [0.1, 0.15) is 16.3 Å². The van der Waals surface area contributed by atoms with Crippen LogP contribution < -0.4 is 0 Å². The van der Waals surface area contributed by atoms with Crippen LogP contribution in [0.15, 0.2) is 12.4 Å². The molecule has 1 fully saturated rings. The van der Waals surface area contributed by atoms with Crippen LogP contribution in [0.1, 0.15) is 31.6 Å². The smallest absolute Gasteiger partial charge is 0.226 e. The molecule has 1 aliphatic rings. The quantitative estimate of drug-likeness (QED) is 0.805. The number of nitrogens with zero attached hydrogens (tertiary/aromatic N) is 3. The molecule has 1 amide bonds. The normalized spacial score (nSPS) is 19.1. The number of fused-ring (bicyclic) bond motifs is 1. The molecule has 1 aliphatic heterocycles. The van der Waals surface area contributed by atoms with E-state index in [1.54, 1.807) is 11.3 Å². The molecular weight excluding hydrogens is 306 g/mol. The van der Waals surface area contributed by atoms with Crippen LogP contribution in [0.3, 0.4) is 0 Å². The predicted octanol–water partition coefficient (Wildman–Crippen LogP) is 3.74. The van der Waals surface area contributed by atoms with Gasteiger partial charge in [-0.25, -0.2) is 9.97 Å². The molecule has 4 nitrogen and oxygen atoms in total. The van der Waals surface area contributed by atoms with Gasteiger partial charge < -0.3 is 4.90 Å². The number of amides is 1. The highest BCUT2D eigenvalue weighted by Crippen LogP contribution is 2.31. The molecule has 1 atom stereocenters. The third kappa shape index (κ3) is 3.04. The van der Waals surface area contributed by atoms with Gasteiger partial charge in [-0.05, 0) is 24.8 Å². The zero-order valence-corrected chi connectivity index (χ0v) is 13.7. The molecule has 0 saturated carbocycles. The number of thiophene rings is 1.